The summed E-state index contributed by atoms with van der Waals surface area (Å²) in [7, 11) is 0. The molecule has 3 heteroatoms. The van der Waals surface area contributed by atoms with Gasteiger partial charge in [0.1, 0.15) is 5.75 Å². The van der Waals surface area contributed by atoms with E-state index in [1.807, 2.05) is 6.07 Å². The van der Waals surface area contributed by atoms with Crippen molar-refractivity contribution in [2.24, 2.45) is 5.41 Å². The molecule has 0 atom stereocenters. The third-order valence-corrected chi connectivity index (χ3v) is 5.32. The summed E-state index contributed by atoms with van der Waals surface area (Å²) >= 11 is 7.99. The maximum absolute atomic E-state index is 6.02. The molecule has 108 valence electrons. The highest BCUT2D eigenvalue weighted by molar-refractivity contribution is 9.10. The molecular weight excluding hydrogens is 332 g/mol. The summed E-state index contributed by atoms with van der Waals surface area (Å²) in [6.07, 6.45) is 2.18. The number of hydrogen-bond donors (Lipinski definition) is 1. The molecule has 0 aliphatic rings. The average molecular weight is 353 g/mol. The van der Waals surface area contributed by atoms with Gasteiger partial charge in [-0.2, -0.15) is 12.6 Å². The van der Waals surface area contributed by atoms with Crippen molar-refractivity contribution in [1.29, 1.82) is 0 Å². The number of halogens is 1. The Kier molecular flexibility index (Phi) is 5.39. The molecular formula is C17H21BrOS. The highest BCUT2D eigenvalue weighted by Gasteiger charge is 2.25. The predicted octanol–water partition coefficient (Wildman–Crippen LogP) is 5.72. The number of fused-ring (bicyclic) bond motifs is 1. The van der Waals surface area contributed by atoms with Crippen molar-refractivity contribution in [3.8, 4) is 5.75 Å². The molecule has 0 aromatic heterocycles. The first-order valence-electron chi connectivity index (χ1n) is 7.05. The Morgan fingerprint density at radius 2 is 1.70 bits per heavy atom. The van der Waals surface area contributed by atoms with Gasteiger partial charge in [0.25, 0.3) is 0 Å². The Balaban J connectivity index is 2.16. The van der Waals surface area contributed by atoms with Gasteiger partial charge in [0, 0.05) is 9.89 Å². The number of ether oxygens (including phenoxy) is 1. The van der Waals surface area contributed by atoms with Crippen LogP contribution >= 0.6 is 28.6 Å². The molecule has 0 unspecified atom stereocenters. The van der Waals surface area contributed by atoms with Crippen LogP contribution in [0.4, 0.5) is 0 Å². The van der Waals surface area contributed by atoms with Crippen molar-refractivity contribution < 1.29 is 4.74 Å². The lowest BCUT2D eigenvalue weighted by atomic mass is 9.85. The first kappa shape index (κ1) is 15.7. The Labute approximate surface area is 135 Å². The predicted molar refractivity (Wildman–Crippen MR) is 94.0 cm³/mol. The van der Waals surface area contributed by atoms with Crippen molar-refractivity contribution in [2.45, 2.75) is 26.7 Å². The van der Waals surface area contributed by atoms with E-state index in [0.29, 0.717) is 0 Å². The molecule has 0 saturated heterocycles. The summed E-state index contributed by atoms with van der Waals surface area (Å²) in [4.78, 5) is 0. The van der Waals surface area contributed by atoms with E-state index in [9.17, 15) is 0 Å². The third kappa shape index (κ3) is 3.50. The second kappa shape index (κ2) is 6.86. The van der Waals surface area contributed by atoms with Crippen LogP contribution in [0.2, 0.25) is 0 Å². The molecule has 0 N–H and O–H groups in total. The second-order valence-corrected chi connectivity index (χ2v) is 6.54. The second-order valence-electron chi connectivity index (χ2n) is 5.31. The first-order valence-corrected chi connectivity index (χ1v) is 8.48. The van der Waals surface area contributed by atoms with Crippen LogP contribution in [-0.4, -0.2) is 12.4 Å². The van der Waals surface area contributed by atoms with Crippen molar-refractivity contribution in [1.82, 2.24) is 0 Å². The van der Waals surface area contributed by atoms with Gasteiger partial charge >= 0.3 is 0 Å². The van der Waals surface area contributed by atoms with Gasteiger partial charge in [0.05, 0.1) is 6.61 Å². The number of thiol groups is 1. The zero-order valence-corrected chi connectivity index (χ0v) is 14.5. The fourth-order valence-corrected chi connectivity index (χ4v) is 3.16. The highest BCUT2D eigenvalue weighted by atomic mass is 79.9. The summed E-state index contributed by atoms with van der Waals surface area (Å²) in [6, 6.07) is 12.5. The van der Waals surface area contributed by atoms with Crippen LogP contribution in [0, 0.1) is 5.41 Å². The summed E-state index contributed by atoms with van der Waals surface area (Å²) in [5.41, 5.74) is 0.178. The lowest BCUT2D eigenvalue weighted by Gasteiger charge is -2.29. The smallest absolute Gasteiger partial charge is 0.119 e. The molecule has 0 fully saturated rings. The van der Waals surface area contributed by atoms with E-state index < -0.39 is 0 Å². The Morgan fingerprint density at radius 1 is 1.05 bits per heavy atom. The van der Waals surface area contributed by atoms with Crippen molar-refractivity contribution in [2.75, 3.05) is 12.4 Å². The van der Waals surface area contributed by atoms with Crippen molar-refractivity contribution in [3.63, 3.8) is 0 Å². The Morgan fingerprint density at radius 3 is 2.35 bits per heavy atom. The van der Waals surface area contributed by atoms with Crippen LogP contribution in [0.15, 0.2) is 40.9 Å². The van der Waals surface area contributed by atoms with Crippen LogP contribution in [0.5, 0.6) is 5.75 Å². The molecule has 0 spiro atoms. The molecule has 0 aliphatic heterocycles. The van der Waals surface area contributed by atoms with Crippen LogP contribution in [0.3, 0.4) is 0 Å². The SMILES string of the molecule is CCC(CC)(CS)COc1ccc2cc(Br)ccc2c1. The number of benzene rings is 2. The average Bonchev–Trinajstić information content (AvgIpc) is 2.49. The van der Waals surface area contributed by atoms with Gasteiger partial charge < -0.3 is 4.74 Å². The van der Waals surface area contributed by atoms with E-state index in [2.05, 4.69) is 72.7 Å². The Hall–Kier alpha value is -0.670. The Bertz CT molecular complexity index is 570. The minimum Gasteiger partial charge on any atom is -0.493 e. The van der Waals surface area contributed by atoms with Crippen molar-refractivity contribution in [3.05, 3.63) is 40.9 Å². The first-order chi connectivity index (χ1) is 9.62. The van der Waals surface area contributed by atoms with E-state index in [4.69, 9.17) is 4.74 Å². The van der Waals surface area contributed by atoms with Crippen molar-refractivity contribution >= 4 is 39.3 Å². The largest absolute Gasteiger partial charge is 0.493 e. The molecule has 0 bridgehead atoms. The molecule has 2 rings (SSSR count). The fraction of sp³-hybridized carbons (Fsp3) is 0.412. The summed E-state index contributed by atoms with van der Waals surface area (Å²) in [5, 5.41) is 2.42. The zero-order chi connectivity index (χ0) is 14.6. The molecule has 1 nitrogen and oxygen atoms in total. The van der Waals surface area contributed by atoms with Gasteiger partial charge in [-0.3, -0.25) is 0 Å². The van der Waals surface area contributed by atoms with Gasteiger partial charge in [-0.05, 0) is 53.6 Å². The van der Waals surface area contributed by atoms with E-state index >= 15 is 0 Å². The minimum absolute atomic E-state index is 0.178. The van der Waals surface area contributed by atoms with E-state index in [1.54, 1.807) is 0 Å². The topological polar surface area (TPSA) is 9.23 Å². The van der Waals surface area contributed by atoms with Gasteiger partial charge in [0.2, 0.25) is 0 Å². The summed E-state index contributed by atoms with van der Waals surface area (Å²) < 4.78 is 7.12. The van der Waals surface area contributed by atoms with Crippen LogP contribution < -0.4 is 4.74 Å². The third-order valence-electron chi connectivity index (χ3n) is 4.15. The molecule has 0 aliphatic carbocycles. The van der Waals surface area contributed by atoms with Gasteiger partial charge in [-0.25, -0.2) is 0 Å². The molecule has 2 aromatic rings. The highest BCUT2D eigenvalue weighted by Crippen LogP contribution is 2.30. The fourth-order valence-electron chi connectivity index (χ4n) is 2.24. The summed E-state index contributed by atoms with van der Waals surface area (Å²) in [6.45, 7) is 5.15. The van der Waals surface area contributed by atoms with Crippen LogP contribution in [0.25, 0.3) is 10.8 Å². The monoisotopic (exact) mass is 352 g/mol. The van der Waals surface area contributed by atoms with E-state index in [1.165, 1.54) is 10.8 Å². The van der Waals surface area contributed by atoms with Crippen LogP contribution in [-0.2, 0) is 0 Å². The molecule has 0 amide bonds. The zero-order valence-electron chi connectivity index (χ0n) is 12.0. The lowest BCUT2D eigenvalue weighted by Crippen LogP contribution is -2.29. The molecule has 0 saturated carbocycles. The summed E-state index contributed by atoms with van der Waals surface area (Å²) in [5.74, 6) is 1.80. The van der Waals surface area contributed by atoms with E-state index in [0.717, 1.165) is 35.4 Å². The molecule has 2 aromatic carbocycles. The molecule has 20 heavy (non-hydrogen) atoms. The molecule has 0 radical (unpaired) electrons. The maximum atomic E-state index is 6.02. The minimum atomic E-state index is 0.178. The standard InChI is InChI=1S/C17H21BrOS/c1-3-17(4-2,12-20)11-19-16-8-6-13-9-15(18)7-5-14(13)10-16/h5-10,20H,3-4,11-12H2,1-2H3. The number of hydrogen-bond acceptors (Lipinski definition) is 2. The maximum Gasteiger partial charge on any atom is 0.119 e. The van der Waals surface area contributed by atoms with Gasteiger partial charge in [-0.15, -0.1) is 0 Å². The van der Waals surface area contributed by atoms with Gasteiger partial charge in [0.15, 0.2) is 0 Å². The van der Waals surface area contributed by atoms with E-state index in [-0.39, 0.29) is 5.41 Å². The lowest BCUT2D eigenvalue weighted by molar-refractivity contribution is 0.157. The molecule has 0 heterocycles. The van der Waals surface area contributed by atoms with Crippen LogP contribution in [0.1, 0.15) is 26.7 Å². The van der Waals surface area contributed by atoms with Gasteiger partial charge in [-0.1, -0.05) is 41.9 Å². The quantitative estimate of drug-likeness (QED) is 0.654. The number of rotatable bonds is 6. The normalized spacial score (nSPS) is 11.8.